The van der Waals surface area contributed by atoms with Crippen molar-refractivity contribution in [1.82, 2.24) is 0 Å². The van der Waals surface area contributed by atoms with Crippen LogP contribution in [0.5, 0.6) is 17.2 Å². The van der Waals surface area contributed by atoms with E-state index in [-0.39, 0.29) is 24.7 Å². The number of ether oxygens (including phenoxy) is 3. The molecule has 0 bridgehead atoms. The first kappa shape index (κ1) is 16.0. The molecule has 2 aromatic rings. The van der Waals surface area contributed by atoms with Crippen LogP contribution in [0.3, 0.4) is 0 Å². The zero-order valence-corrected chi connectivity index (χ0v) is 12.2. The van der Waals surface area contributed by atoms with Crippen molar-refractivity contribution >= 4 is 5.91 Å². The van der Waals surface area contributed by atoms with Crippen molar-refractivity contribution in [3.8, 4) is 17.2 Å². The summed E-state index contributed by atoms with van der Waals surface area (Å²) in [6, 6.07) is 5.74. The molecular weight excluding hydrogens is 327 g/mol. The fourth-order valence-electron chi connectivity index (χ4n) is 2.23. The molecule has 0 aromatic heterocycles. The van der Waals surface area contributed by atoms with Gasteiger partial charge in [0.05, 0.1) is 0 Å². The summed E-state index contributed by atoms with van der Waals surface area (Å²) in [5, 5.41) is 0. The van der Waals surface area contributed by atoms with Crippen LogP contribution < -0.4 is 19.9 Å². The van der Waals surface area contributed by atoms with Crippen LogP contribution in [0.2, 0.25) is 0 Å². The van der Waals surface area contributed by atoms with Crippen LogP contribution >= 0.6 is 0 Å². The van der Waals surface area contributed by atoms with Gasteiger partial charge in [0.1, 0.15) is 30.4 Å². The van der Waals surface area contributed by atoms with Crippen molar-refractivity contribution < 1.29 is 32.2 Å². The minimum atomic E-state index is -1.24. The third kappa shape index (κ3) is 3.08. The number of carbonyl (C=O) groups excluding carboxylic acids is 1. The van der Waals surface area contributed by atoms with Crippen LogP contribution in [0.4, 0.5) is 13.2 Å². The summed E-state index contributed by atoms with van der Waals surface area (Å²) in [4.78, 5) is 11.1. The van der Waals surface area contributed by atoms with Crippen LogP contribution in [0.15, 0.2) is 30.3 Å². The van der Waals surface area contributed by atoms with Gasteiger partial charge in [-0.2, -0.15) is 0 Å². The molecular formula is C16H12F3NO4. The van der Waals surface area contributed by atoms with Crippen molar-refractivity contribution in [3.05, 3.63) is 53.3 Å². The lowest BCUT2D eigenvalue weighted by molar-refractivity contribution is 0.0518. The van der Waals surface area contributed by atoms with Gasteiger partial charge in [-0.3, -0.25) is 4.79 Å². The van der Waals surface area contributed by atoms with E-state index in [0.29, 0.717) is 5.75 Å². The number of nitrogens with two attached hydrogens (primary N) is 1. The molecule has 0 saturated heterocycles. The monoisotopic (exact) mass is 339 g/mol. The number of rotatable bonds is 4. The van der Waals surface area contributed by atoms with Gasteiger partial charge in [0.2, 0.25) is 0 Å². The lowest BCUT2D eigenvalue weighted by Gasteiger charge is -2.26. The molecule has 0 aliphatic carbocycles. The summed E-state index contributed by atoms with van der Waals surface area (Å²) in [5.74, 6) is -3.76. The van der Waals surface area contributed by atoms with E-state index in [1.54, 1.807) is 0 Å². The molecule has 24 heavy (non-hydrogen) atoms. The second-order valence-electron chi connectivity index (χ2n) is 5.05. The predicted molar refractivity (Wildman–Crippen MR) is 76.7 cm³/mol. The van der Waals surface area contributed by atoms with Gasteiger partial charge < -0.3 is 19.9 Å². The summed E-state index contributed by atoms with van der Waals surface area (Å²) in [6.45, 7) is -0.0547. The smallest absolute Gasteiger partial charge is 0.254 e. The van der Waals surface area contributed by atoms with Crippen molar-refractivity contribution in [1.29, 1.82) is 0 Å². The predicted octanol–water partition coefficient (Wildman–Crippen LogP) is 2.42. The normalized spacial score (nSPS) is 15.9. The molecule has 1 atom stereocenters. The second-order valence-corrected chi connectivity index (χ2v) is 5.05. The third-order valence-corrected chi connectivity index (χ3v) is 3.35. The largest absolute Gasteiger partial charge is 0.486 e. The van der Waals surface area contributed by atoms with Crippen molar-refractivity contribution in [2.45, 2.75) is 6.10 Å². The Hall–Kier alpha value is -2.90. The van der Waals surface area contributed by atoms with E-state index in [4.69, 9.17) is 19.9 Å². The Kier molecular flexibility index (Phi) is 4.20. The quantitative estimate of drug-likeness (QED) is 0.929. The molecule has 1 aliphatic rings. The maximum atomic E-state index is 14.0. The maximum absolute atomic E-state index is 14.0. The Balaban J connectivity index is 1.71. The first-order valence-electron chi connectivity index (χ1n) is 6.95. The van der Waals surface area contributed by atoms with Crippen molar-refractivity contribution in [3.63, 3.8) is 0 Å². The van der Waals surface area contributed by atoms with E-state index < -0.39 is 35.0 Å². The van der Waals surface area contributed by atoms with Crippen LogP contribution in [-0.2, 0) is 0 Å². The molecule has 2 aromatic carbocycles. The van der Waals surface area contributed by atoms with Gasteiger partial charge in [-0.25, -0.2) is 13.2 Å². The lowest BCUT2D eigenvalue weighted by Crippen LogP contribution is -2.34. The highest BCUT2D eigenvalue weighted by Gasteiger charge is 2.24. The fraction of sp³-hybridized carbons (Fsp3) is 0.188. The van der Waals surface area contributed by atoms with Crippen molar-refractivity contribution in [2.75, 3.05) is 13.2 Å². The van der Waals surface area contributed by atoms with Gasteiger partial charge in [0, 0.05) is 6.07 Å². The number of carbonyl (C=O) groups is 1. The van der Waals surface area contributed by atoms with E-state index in [2.05, 4.69) is 0 Å². The summed E-state index contributed by atoms with van der Waals surface area (Å²) in [7, 11) is 0. The molecule has 1 amide bonds. The molecule has 5 nitrogen and oxygen atoms in total. The Morgan fingerprint density at radius 3 is 2.75 bits per heavy atom. The van der Waals surface area contributed by atoms with Gasteiger partial charge in [0.25, 0.3) is 5.91 Å². The standard InChI is InChI=1S/C16H12F3NO4/c17-8-1-3-11-13(5-8)24-9(6-22-11)7-23-12-4-2-10(18)14(15(12)19)16(20)21/h1-5,9H,6-7H2,(H2,20,21). The Morgan fingerprint density at radius 2 is 2.00 bits per heavy atom. The summed E-state index contributed by atoms with van der Waals surface area (Å²) in [5.41, 5.74) is 4.06. The Bertz CT molecular complexity index is 797. The van der Waals surface area contributed by atoms with E-state index >= 15 is 0 Å². The highest BCUT2D eigenvalue weighted by Crippen LogP contribution is 2.32. The fourth-order valence-corrected chi connectivity index (χ4v) is 2.23. The SMILES string of the molecule is NC(=O)c1c(F)ccc(OCC2COc3ccc(F)cc3O2)c1F. The average Bonchev–Trinajstić information content (AvgIpc) is 2.53. The minimum Gasteiger partial charge on any atom is -0.486 e. The highest BCUT2D eigenvalue weighted by molar-refractivity contribution is 5.93. The zero-order valence-electron chi connectivity index (χ0n) is 12.2. The molecule has 1 unspecified atom stereocenters. The van der Waals surface area contributed by atoms with Crippen LogP contribution in [0.25, 0.3) is 0 Å². The number of hydrogen-bond acceptors (Lipinski definition) is 4. The molecule has 126 valence electrons. The maximum Gasteiger partial charge on any atom is 0.254 e. The lowest BCUT2D eigenvalue weighted by atomic mass is 10.1. The topological polar surface area (TPSA) is 70.8 Å². The Labute approximate surface area is 134 Å². The summed E-state index contributed by atoms with van der Waals surface area (Å²) < 4.78 is 56.7. The Morgan fingerprint density at radius 1 is 1.21 bits per heavy atom. The minimum absolute atomic E-state index is 0.101. The number of fused-ring (bicyclic) bond motifs is 1. The molecule has 2 N–H and O–H groups in total. The molecule has 1 heterocycles. The van der Waals surface area contributed by atoms with E-state index in [0.717, 1.165) is 18.2 Å². The van der Waals surface area contributed by atoms with Gasteiger partial charge in [-0.1, -0.05) is 0 Å². The number of halogens is 3. The second kappa shape index (κ2) is 6.31. The number of hydrogen-bond donors (Lipinski definition) is 1. The van der Waals surface area contributed by atoms with Gasteiger partial charge in [0.15, 0.2) is 29.2 Å². The van der Waals surface area contributed by atoms with E-state index in [1.165, 1.54) is 12.1 Å². The average molecular weight is 339 g/mol. The molecule has 0 saturated carbocycles. The van der Waals surface area contributed by atoms with Crippen LogP contribution in [0, 0.1) is 17.5 Å². The third-order valence-electron chi connectivity index (χ3n) is 3.35. The summed E-state index contributed by atoms with van der Waals surface area (Å²) >= 11 is 0. The van der Waals surface area contributed by atoms with Gasteiger partial charge in [-0.05, 0) is 24.3 Å². The van der Waals surface area contributed by atoms with Gasteiger partial charge in [-0.15, -0.1) is 0 Å². The van der Waals surface area contributed by atoms with Crippen molar-refractivity contribution in [2.24, 2.45) is 5.73 Å². The zero-order chi connectivity index (χ0) is 17.3. The van der Waals surface area contributed by atoms with E-state index in [1.807, 2.05) is 0 Å². The number of benzene rings is 2. The highest BCUT2D eigenvalue weighted by atomic mass is 19.1. The van der Waals surface area contributed by atoms with Crippen LogP contribution in [0.1, 0.15) is 10.4 Å². The molecule has 0 spiro atoms. The molecule has 3 rings (SSSR count). The number of primary amides is 1. The van der Waals surface area contributed by atoms with Crippen LogP contribution in [-0.4, -0.2) is 25.2 Å². The first-order chi connectivity index (χ1) is 11.5. The van der Waals surface area contributed by atoms with E-state index in [9.17, 15) is 18.0 Å². The summed E-state index contributed by atoms with van der Waals surface area (Å²) in [6.07, 6.45) is -0.638. The molecule has 0 fully saturated rings. The molecule has 0 radical (unpaired) electrons. The number of amides is 1. The first-order valence-corrected chi connectivity index (χ1v) is 6.95. The molecule has 1 aliphatic heterocycles. The van der Waals surface area contributed by atoms with Gasteiger partial charge >= 0.3 is 0 Å². The molecule has 8 heteroatoms.